The normalized spacial score (nSPS) is 15.5. The van der Waals surface area contributed by atoms with Crippen LogP contribution in [0.1, 0.15) is 41.2 Å². The molecule has 1 N–H and O–H groups in total. The van der Waals surface area contributed by atoms with Crippen molar-refractivity contribution in [2.24, 2.45) is 0 Å². The highest BCUT2D eigenvalue weighted by Crippen LogP contribution is 2.24. The van der Waals surface area contributed by atoms with Gasteiger partial charge in [0, 0.05) is 24.7 Å². The van der Waals surface area contributed by atoms with Crippen LogP contribution in [0, 0.1) is 5.82 Å². The van der Waals surface area contributed by atoms with Crippen molar-refractivity contribution >= 4 is 17.2 Å². The smallest absolute Gasteiger partial charge is 0.123 e. The standard InChI is InChI=1S/C27H27ClFNO/c28-25-9-3-21(4-10-25)19-20-1-5-24(6-2-20)27(31)15-18-30-16-13-23(14-17-30)22-7-11-26(29)12-8-22/h1-13,27,31H,14-19H2. The quantitative estimate of drug-likeness (QED) is 0.472. The van der Waals surface area contributed by atoms with Gasteiger partial charge in [-0.05, 0) is 71.4 Å². The maximum absolute atomic E-state index is 13.1. The molecule has 4 heteroatoms. The molecule has 0 saturated carbocycles. The zero-order valence-corrected chi connectivity index (χ0v) is 18.2. The molecule has 4 rings (SSSR count). The predicted molar refractivity (Wildman–Crippen MR) is 126 cm³/mol. The van der Waals surface area contributed by atoms with Crippen LogP contribution >= 0.6 is 11.6 Å². The highest BCUT2D eigenvalue weighted by atomic mass is 35.5. The first-order chi connectivity index (χ1) is 15.1. The van der Waals surface area contributed by atoms with Crippen LogP contribution < -0.4 is 0 Å². The summed E-state index contributed by atoms with van der Waals surface area (Å²) in [4.78, 5) is 2.35. The third kappa shape index (κ3) is 6.04. The fourth-order valence-electron chi connectivity index (χ4n) is 4.01. The second-order valence-electron chi connectivity index (χ2n) is 8.14. The first-order valence-corrected chi connectivity index (χ1v) is 11.1. The van der Waals surface area contributed by atoms with Crippen LogP contribution in [0.2, 0.25) is 5.02 Å². The zero-order chi connectivity index (χ0) is 21.6. The van der Waals surface area contributed by atoms with Crippen molar-refractivity contribution < 1.29 is 9.50 Å². The molecule has 0 spiro atoms. The van der Waals surface area contributed by atoms with E-state index >= 15 is 0 Å². The summed E-state index contributed by atoms with van der Waals surface area (Å²) in [6.07, 6.45) is 4.25. The fourth-order valence-corrected chi connectivity index (χ4v) is 4.13. The number of hydrogen-bond donors (Lipinski definition) is 1. The number of halogens is 2. The summed E-state index contributed by atoms with van der Waals surface area (Å²) >= 11 is 5.95. The van der Waals surface area contributed by atoms with Crippen LogP contribution in [0.15, 0.2) is 78.9 Å². The molecule has 3 aromatic carbocycles. The first kappa shape index (κ1) is 21.8. The second kappa shape index (κ2) is 10.2. The largest absolute Gasteiger partial charge is 0.388 e. The monoisotopic (exact) mass is 435 g/mol. The maximum atomic E-state index is 13.1. The second-order valence-corrected chi connectivity index (χ2v) is 8.57. The molecular formula is C27H27ClFNO. The van der Waals surface area contributed by atoms with E-state index in [0.29, 0.717) is 6.42 Å². The molecule has 0 bridgehead atoms. The highest BCUT2D eigenvalue weighted by molar-refractivity contribution is 6.30. The van der Waals surface area contributed by atoms with E-state index in [2.05, 4.69) is 23.1 Å². The average molecular weight is 436 g/mol. The van der Waals surface area contributed by atoms with Gasteiger partial charge in [-0.2, -0.15) is 0 Å². The van der Waals surface area contributed by atoms with Crippen molar-refractivity contribution in [3.63, 3.8) is 0 Å². The molecule has 0 saturated heterocycles. The lowest BCUT2D eigenvalue weighted by Gasteiger charge is -2.27. The lowest BCUT2D eigenvalue weighted by Crippen LogP contribution is -2.30. The number of aliphatic hydroxyl groups excluding tert-OH is 1. The van der Waals surface area contributed by atoms with E-state index < -0.39 is 6.10 Å². The Morgan fingerprint density at radius 3 is 2.16 bits per heavy atom. The number of rotatable bonds is 7. The Hall–Kier alpha value is -2.46. The van der Waals surface area contributed by atoms with Gasteiger partial charge < -0.3 is 5.11 Å². The Balaban J connectivity index is 1.26. The molecule has 0 aromatic heterocycles. The Kier molecular flexibility index (Phi) is 7.18. The van der Waals surface area contributed by atoms with Gasteiger partial charge in [-0.15, -0.1) is 0 Å². The number of aliphatic hydroxyl groups is 1. The molecular weight excluding hydrogens is 409 g/mol. The van der Waals surface area contributed by atoms with Crippen molar-refractivity contribution in [1.82, 2.24) is 4.90 Å². The van der Waals surface area contributed by atoms with Gasteiger partial charge in [0.15, 0.2) is 0 Å². The van der Waals surface area contributed by atoms with Crippen LogP contribution in [0.3, 0.4) is 0 Å². The van der Waals surface area contributed by atoms with E-state index in [9.17, 15) is 9.50 Å². The maximum Gasteiger partial charge on any atom is 0.123 e. The first-order valence-electron chi connectivity index (χ1n) is 10.8. The van der Waals surface area contributed by atoms with Crippen LogP contribution in [0.4, 0.5) is 4.39 Å². The summed E-state index contributed by atoms with van der Waals surface area (Å²) in [7, 11) is 0. The molecule has 160 valence electrons. The summed E-state index contributed by atoms with van der Waals surface area (Å²) in [6, 6.07) is 22.8. The summed E-state index contributed by atoms with van der Waals surface area (Å²) in [5.74, 6) is -0.200. The van der Waals surface area contributed by atoms with Gasteiger partial charge in [-0.25, -0.2) is 4.39 Å². The zero-order valence-electron chi connectivity index (χ0n) is 17.5. The van der Waals surface area contributed by atoms with Gasteiger partial charge in [-0.3, -0.25) is 4.90 Å². The fraction of sp³-hybridized carbons (Fsp3) is 0.259. The Morgan fingerprint density at radius 2 is 1.55 bits per heavy atom. The molecule has 3 aromatic rings. The Bertz CT molecular complexity index is 1010. The van der Waals surface area contributed by atoms with Gasteiger partial charge >= 0.3 is 0 Å². The van der Waals surface area contributed by atoms with Crippen molar-refractivity contribution in [2.45, 2.75) is 25.4 Å². The molecule has 1 aliphatic heterocycles. The van der Waals surface area contributed by atoms with E-state index in [1.165, 1.54) is 28.8 Å². The number of nitrogens with zero attached hydrogens (tertiary/aromatic N) is 1. The topological polar surface area (TPSA) is 23.5 Å². The number of hydrogen-bond acceptors (Lipinski definition) is 2. The molecule has 0 amide bonds. The summed E-state index contributed by atoms with van der Waals surface area (Å²) in [5.41, 5.74) is 5.76. The Labute approximate surface area is 188 Å². The summed E-state index contributed by atoms with van der Waals surface area (Å²) < 4.78 is 13.1. The molecule has 0 aliphatic carbocycles. The van der Waals surface area contributed by atoms with Crippen molar-refractivity contribution in [2.75, 3.05) is 19.6 Å². The summed E-state index contributed by atoms with van der Waals surface area (Å²) in [5, 5.41) is 11.4. The highest BCUT2D eigenvalue weighted by Gasteiger charge is 2.15. The van der Waals surface area contributed by atoms with Crippen LogP contribution in [-0.4, -0.2) is 29.6 Å². The lowest BCUT2D eigenvalue weighted by atomic mass is 9.98. The molecule has 1 unspecified atom stereocenters. The van der Waals surface area contributed by atoms with Crippen LogP contribution in [0.25, 0.3) is 5.57 Å². The van der Waals surface area contributed by atoms with Gasteiger partial charge in [0.25, 0.3) is 0 Å². The molecule has 1 aliphatic rings. The van der Waals surface area contributed by atoms with E-state index in [4.69, 9.17) is 11.6 Å². The van der Waals surface area contributed by atoms with E-state index in [1.807, 2.05) is 48.5 Å². The van der Waals surface area contributed by atoms with Crippen LogP contribution in [0.5, 0.6) is 0 Å². The van der Waals surface area contributed by atoms with E-state index in [0.717, 1.165) is 48.6 Å². The number of benzene rings is 3. The van der Waals surface area contributed by atoms with Crippen molar-refractivity contribution in [3.05, 3.63) is 112 Å². The summed E-state index contributed by atoms with van der Waals surface area (Å²) in [6.45, 7) is 2.66. The predicted octanol–water partition coefficient (Wildman–Crippen LogP) is 6.28. The lowest BCUT2D eigenvalue weighted by molar-refractivity contribution is 0.145. The Morgan fingerprint density at radius 1 is 0.903 bits per heavy atom. The molecule has 1 heterocycles. The van der Waals surface area contributed by atoms with Gasteiger partial charge in [0.1, 0.15) is 5.82 Å². The van der Waals surface area contributed by atoms with Crippen LogP contribution in [-0.2, 0) is 6.42 Å². The van der Waals surface area contributed by atoms with Gasteiger partial charge in [-0.1, -0.05) is 66.2 Å². The SMILES string of the molecule is OC(CCN1CC=C(c2ccc(F)cc2)CC1)c1ccc(Cc2ccc(Cl)cc2)cc1. The molecule has 31 heavy (non-hydrogen) atoms. The third-order valence-electron chi connectivity index (χ3n) is 5.91. The minimum absolute atomic E-state index is 0.200. The minimum atomic E-state index is -0.466. The van der Waals surface area contributed by atoms with E-state index in [-0.39, 0.29) is 5.82 Å². The molecule has 0 fully saturated rings. The van der Waals surface area contributed by atoms with Crippen molar-refractivity contribution in [3.8, 4) is 0 Å². The average Bonchev–Trinajstić information content (AvgIpc) is 2.80. The molecule has 1 atom stereocenters. The third-order valence-corrected chi connectivity index (χ3v) is 6.17. The van der Waals surface area contributed by atoms with Crippen molar-refractivity contribution in [1.29, 1.82) is 0 Å². The molecule has 0 radical (unpaired) electrons. The van der Waals surface area contributed by atoms with Gasteiger partial charge in [0.05, 0.1) is 6.10 Å². The minimum Gasteiger partial charge on any atom is -0.388 e. The van der Waals surface area contributed by atoms with E-state index in [1.54, 1.807) is 0 Å². The molecule has 2 nitrogen and oxygen atoms in total. The van der Waals surface area contributed by atoms with Gasteiger partial charge in [0.2, 0.25) is 0 Å².